The maximum atomic E-state index is 9.10. The molecule has 17 heavy (non-hydrogen) atoms. The highest BCUT2D eigenvalue weighted by atomic mass is 32.1. The van der Waals surface area contributed by atoms with Gasteiger partial charge in [0.15, 0.2) is 0 Å². The van der Waals surface area contributed by atoms with Gasteiger partial charge in [-0.2, -0.15) is 5.26 Å². The Kier molecular flexibility index (Phi) is 4.47. The van der Waals surface area contributed by atoms with Gasteiger partial charge in [0.1, 0.15) is 16.8 Å². The second kappa shape index (κ2) is 5.65. The van der Waals surface area contributed by atoms with E-state index in [4.69, 9.17) is 28.0 Å². The minimum Gasteiger partial charge on any atom is -0.492 e. The number of nitrogens with two attached hydrogens (primary N) is 1. The van der Waals surface area contributed by atoms with Crippen molar-refractivity contribution in [2.24, 2.45) is 11.7 Å². The molecule has 2 N–H and O–H groups in total. The SMILES string of the molecule is Cc1cc(C(N)=S)cc(C#N)c1OCC(C)C. The summed E-state index contributed by atoms with van der Waals surface area (Å²) in [6.45, 7) is 6.59. The van der Waals surface area contributed by atoms with Crippen LogP contribution in [0, 0.1) is 24.2 Å². The van der Waals surface area contributed by atoms with Gasteiger partial charge in [0.05, 0.1) is 12.2 Å². The van der Waals surface area contributed by atoms with Gasteiger partial charge in [-0.15, -0.1) is 0 Å². The monoisotopic (exact) mass is 248 g/mol. The Hall–Kier alpha value is -1.60. The first kappa shape index (κ1) is 13.5. The molecule has 0 saturated heterocycles. The van der Waals surface area contributed by atoms with E-state index in [-0.39, 0.29) is 0 Å². The third-order valence-corrected chi connectivity index (χ3v) is 2.48. The van der Waals surface area contributed by atoms with E-state index in [1.807, 2.05) is 13.0 Å². The fourth-order valence-corrected chi connectivity index (χ4v) is 1.56. The summed E-state index contributed by atoms with van der Waals surface area (Å²) in [4.78, 5) is 0.292. The van der Waals surface area contributed by atoms with Gasteiger partial charge in [-0.3, -0.25) is 0 Å². The van der Waals surface area contributed by atoms with Crippen LogP contribution in [0.3, 0.4) is 0 Å². The van der Waals surface area contributed by atoms with Crippen LogP contribution in [0.25, 0.3) is 0 Å². The van der Waals surface area contributed by atoms with Crippen LogP contribution in [0.1, 0.15) is 30.5 Å². The van der Waals surface area contributed by atoms with Crippen molar-refractivity contribution in [1.29, 1.82) is 5.26 Å². The maximum absolute atomic E-state index is 9.10. The molecule has 0 bridgehead atoms. The average molecular weight is 248 g/mol. The van der Waals surface area contributed by atoms with Crippen LogP contribution in [-0.2, 0) is 0 Å². The number of nitriles is 1. The quantitative estimate of drug-likeness (QED) is 0.832. The highest BCUT2D eigenvalue weighted by Crippen LogP contribution is 2.25. The summed E-state index contributed by atoms with van der Waals surface area (Å²) in [5, 5.41) is 9.10. The molecule has 0 unspecified atom stereocenters. The first-order valence-corrected chi connectivity index (χ1v) is 5.84. The van der Waals surface area contributed by atoms with Crippen LogP contribution in [0.5, 0.6) is 5.75 Å². The lowest BCUT2D eigenvalue weighted by Crippen LogP contribution is -2.12. The van der Waals surface area contributed by atoms with Gasteiger partial charge in [-0.05, 0) is 30.5 Å². The van der Waals surface area contributed by atoms with Crippen molar-refractivity contribution in [2.45, 2.75) is 20.8 Å². The molecule has 0 atom stereocenters. The van der Waals surface area contributed by atoms with Crippen molar-refractivity contribution in [2.75, 3.05) is 6.61 Å². The lowest BCUT2D eigenvalue weighted by atomic mass is 10.1. The van der Waals surface area contributed by atoms with E-state index in [2.05, 4.69) is 19.9 Å². The summed E-state index contributed by atoms with van der Waals surface area (Å²) in [5.41, 5.74) is 7.62. The highest BCUT2D eigenvalue weighted by molar-refractivity contribution is 7.80. The zero-order valence-electron chi connectivity index (χ0n) is 10.3. The third kappa shape index (κ3) is 3.43. The Morgan fingerprint density at radius 3 is 2.65 bits per heavy atom. The van der Waals surface area contributed by atoms with Crippen molar-refractivity contribution >= 4 is 17.2 Å². The number of benzene rings is 1. The molecule has 0 saturated carbocycles. The standard InChI is InChI=1S/C13H16N2OS/c1-8(2)7-16-12-9(3)4-10(13(15)17)5-11(12)6-14/h4-5,8H,7H2,1-3H3,(H2,15,17). The Balaban J connectivity index is 3.13. The highest BCUT2D eigenvalue weighted by Gasteiger charge is 2.11. The normalized spacial score (nSPS) is 10.1. The van der Waals surface area contributed by atoms with E-state index in [0.717, 1.165) is 5.56 Å². The number of rotatable bonds is 4. The molecular weight excluding hydrogens is 232 g/mol. The molecule has 4 heteroatoms. The van der Waals surface area contributed by atoms with E-state index < -0.39 is 0 Å². The topological polar surface area (TPSA) is 59.0 Å². The Morgan fingerprint density at radius 2 is 2.18 bits per heavy atom. The number of aryl methyl sites for hydroxylation is 1. The van der Waals surface area contributed by atoms with Gasteiger partial charge < -0.3 is 10.5 Å². The van der Waals surface area contributed by atoms with E-state index in [1.54, 1.807) is 6.07 Å². The summed E-state index contributed by atoms with van der Waals surface area (Å²) in [5.74, 6) is 1.04. The first-order chi connectivity index (χ1) is 7.95. The number of hydrogen-bond donors (Lipinski definition) is 1. The summed E-state index contributed by atoms with van der Waals surface area (Å²) in [7, 11) is 0. The van der Waals surface area contributed by atoms with Gasteiger partial charge in [0.2, 0.25) is 0 Å². The Labute approximate surface area is 107 Å². The molecule has 0 aliphatic carbocycles. The van der Waals surface area contributed by atoms with E-state index in [1.165, 1.54) is 0 Å². The lowest BCUT2D eigenvalue weighted by molar-refractivity contribution is 0.268. The molecule has 0 fully saturated rings. The summed E-state index contributed by atoms with van der Waals surface area (Å²) in [6, 6.07) is 5.63. The third-order valence-electron chi connectivity index (χ3n) is 2.24. The summed E-state index contributed by atoms with van der Waals surface area (Å²) in [6.07, 6.45) is 0. The molecule has 0 aromatic heterocycles. The summed E-state index contributed by atoms with van der Waals surface area (Å²) < 4.78 is 5.65. The number of thiocarbonyl (C=S) groups is 1. The van der Waals surface area contributed by atoms with Crippen LogP contribution in [0.2, 0.25) is 0 Å². The number of ether oxygens (including phenoxy) is 1. The van der Waals surface area contributed by atoms with Crippen LogP contribution >= 0.6 is 12.2 Å². The van der Waals surface area contributed by atoms with E-state index >= 15 is 0 Å². The molecule has 0 amide bonds. The van der Waals surface area contributed by atoms with Gasteiger partial charge in [0, 0.05) is 5.56 Å². The lowest BCUT2D eigenvalue weighted by Gasteiger charge is -2.13. The molecule has 3 nitrogen and oxygen atoms in total. The maximum Gasteiger partial charge on any atom is 0.140 e. The van der Waals surface area contributed by atoms with Gasteiger partial charge in [-0.25, -0.2) is 0 Å². The molecule has 0 heterocycles. The van der Waals surface area contributed by atoms with Crippen molar-refractivity contribution in [3.05, 3.63) is 28.8 Å². The van der Waals surface area contributed by atoms with Gasteiger partial charge >= 0.3 is 0 Å². The molecule has 1 aromatic carbocycles. The smallest absolute Gasteiger partial charge is 0.140 e. The fourth-order valence-electron chi connectivity index (χ4n) is 1.44. The molecule has 1 rings (SSSR count). The van der Waals surface area contributed by atoms with Crippen LogP contribution < -0.4 is 10.5 Å². The van der Waals surface area contributed by atoms with Crippen molar-refractivity contribution in [1.82, 2.24) is 0 Å². The van der Waals surface area contributed by atoms with Crippen molar-refractivity contribution < 1.29 is 4.74 Å². The van der Waals surface area contributed by atoms with Gasteiger partial charge in [0.25, 0.3) is 0 Å². The van der Waals surface area contributed by atoms with E-state index in [0.29, 0.717) is 34.4 Å². The van der Waals surface area contributed by atoms with Gasteiger partial charge in [-0.1, -0.05) is 26.1 Å². The second-order valence-electron chi connectivity index (χ2n) is 4.35. The molecule has 0 radical (unpaired) electrons. The average Bonchev–Trinajstić information content (AvgIpc) is 2.25. The molecular formula is C13H16N2OS. The largest absolute Gasteiger partial charge is 0.492 e. The first-order valence-electron chi connectivity index (χ1n) is 5.43. The predicted molar refractivity (Wildman–Crippen MR) is 72.1 cm³/mol. The zero-order valence-corrected chi connectivity index (χ0v) is 11.1. The van der Waals surface area contributed by atoms with Crippen LogP contribution in [0.15, 0.2) is 12.1 Å². The number of hydrogen-bond acceptors (Lipinski definition) is 3. The molecule has 0 spiro atoms. The zero-order chi connectivity index (χ0) is 13.0. The minimum absolute atomic E-state index is 0.292. The van der Waals surface area contributed by atoms with E-state index in [9.17, 15) is 0 Å². The molecule has 0 aliphatic heterocycles. The molecule has 90 valence electrons. The van der Waals surface area contributed by atoms with Crippen LogP contribution in [-0.4, -0.2) is 11.6 Å². The minimum atomic E-state index is 0.292. The Bertz CT molecular complexity index is 475. The van der Waals surface area contributed by atoms with Crippen molar-refractivity contribution in [3.63, 3.8) is 0 Å². The number of nitrogens with zero attached hydrogens (tertiary/aromatic N) is 1. The van der Waals surface area contributed by atoms with Crippen LogP contribution in [0.4, 0.5) is 0 Å². The van der Waals surface area contributed by atoms with Crippen molar-refractivity contribution in [3.8, 4) is 11.8 Å². The predicted octanol–water partition coefficient (Wildman–Crippen LogP) is 2.54. The Morgan fingerprint density at radius 1 is 1.53 bits per heavy atom. The fraction of sp³-hybridized carbons (Fsp3) is 0.385. The molecule has 0 aliphatic rings. The second-order valence-corrected chi connectivity index (χ2v) is 4.79. The molecule has 1 aromatic rings. The summed E-state index contributed by atoms with van der Waals surface area (Å²) >= 11 is 4.91.